The highest BCUT2D eigenvalue weighted by Crippen LogP contribution is 2.33. The molecule has 8 heteroatoms. The summed E-state index contributed by atoms with van der Waals surface area (Å²) in [7, 11) is -3.59. The van der Waals surface area contributed by atoms with Gasteiger partial charge in [0.1, 0.15) is 17.1 Å². The lowest BCUT2D eigenvalue weighted by Gasteiger charge is -2.13. The third-order valence-corrected chi connectivity index (χ3v) is 3.69. The highest BCUT2D eigenvalue weighted by molar-refractivity contribution is 7.92. The van der Waals surface area contributed by atoms with Gasteiger partial charge >= 0.3 is 0 Å². The van der Waals surface area contributed by atoms with E-state index in [2.05, 4.69) is 4.72 Å². The average molecular weight is 349 g/mol. The molecule has 0 radical (unpaired) electrons. The Hall–Kier alpha value is -2.87. The monoisotopic (exact) mass is 349 g/mol. The first-order valence-electron chi connectivity index (χ1n) is 6.78. The number of ether oxygens (including phenoxy) is 1. The lowest BCUT2D eigenvalue weighted by molar-refractivity contribution is 0.483. The summed E-state index contributed by atoms with van der Waals surface area (Å²) in [6.45, 7) is 0. The summed E-state index contributed by atoms with van der Waals surface area (Å²) in [6, 6.07) is 9.15. The van der Waals surface area contributed by atoms with Crippen LogP contribution in [-0.4, -0.2) is 14.7 Å². The molecule has 0 saturated heterocycles. The van der Waals surface area contributed by atoms with E-state index in [0.717, 1.165) is 6.26 Å². The first-order valence-corrected chi connectivity index (χ1v) is 8.68. The van der Waals surface area contributed by atoms with Gasteiger partial charge in [-0.2, -0.15) is 0 Å². The van der Waals surface area contributed by atoms with Gasteiger partial charge < -0.3 is 9.15 Å². The molecule has 1 heterocycles. The van der Waals surface area contributed by atoms with Crippen LogP contribution in [0.4, 0.5) is 10.1 Å². The first kappa shape index (κ1) is 16.0. The highest BCUT2D eigenvalue weighted by Gasteiger charge is 2.14. The predicted octanol–water partition coefficient (Wildman–Crippen LogP) is 3.10. The Morgan fingerprint density at radius 1 is 1.12 bits per heavy atom. The molecule has 0 spiro atoms. The highest BCUT2D eigenvalue weighted by atomic mass is 32.2. The largest absolute Gasteiger partial charge is 0.464 e. The van der Waals surface area contributed by atoms with Crippen molar-refractivity contribution in [1.82, 2.24) is 0 Å². The van der Waals surface area contributed by atoms with E-state index < -0.39 is 15.8 Å². The summed E-state index contributed by atoms with van der Waals surface area (Å²) in [4.78, 5) is 11.9. The lowest BCUT2D eigenvalue weighted by atomic mass is 10.2. The number of rotatable bonds is 4. The molecule has 0 aliphatic rings. The molecule has 24 heavy (non-hydrogen) atoms. The van der Waals surface area contributed by atoms with Gasteiger partial charge in [0.25, 0.3) is 0 Å². The van der Waals surface area contributed by atoms with Crippen molar-refractivity contribution in [3.8, 4) is 11.5 Å². The maximum atomic E-state index is 13.0. The second-order valence-electron chi connectivity index (χ2n) is 5.06. The quantitative estimate of drug-likeness (QED) is 0.782. The van der Waals surface area contributed by atoms with E-state index in [4.69, 9.17) is 9.15 Å². The number of hydrogen-bond donors (Lipinski definition) is 1. The number of sulfonamides is 1. The van der Waals surface area contributed by atoms with Crippen LogP contribution in [0.5, 0.6) is 11.5 Å². The zero-order valence-electron chi connectivity index (χ0n) is 12.4. The average Bonchev–Trinajstić information content (AvgIpc) is 2.49. The van der Waals surface area contributed by atoms with Gasteiger partial charge in [-0.15, -0.1) is 0 Å². The van der Waals surface area contributed by atoms with Gasteiger partial charge in [-0.1, -0.05) is 0 Å². The van der Waals surface area contributed by atoms with Crippen LogP contribution in [0.15, 0.2) is 57.9 Å². The summed E-state index contributed by atoms with van der Waals surface area (Å²) in [5, 5.41) is 0.230. The molecule has 124 valence electrons. The van der Waals surface area contributed by atoms with E-state index in [9.17, 15) is 17.6 Å². The minimum atomic E-state index is -3.59. The minimum absolute atomic E-state index is 0.0954. The van der Waals surface area contributed by atoms with Gasteiger partial charge in [0.05, 0.1) is 23.6 Å². The van der Waals surface area contributed by atoms with Crippen molar-refractivity contribution in [3.05, 3.63) is 64.8 Å². The van der Waals surface area contributed by atoms with Crippen LogP contribution in [0.2, 0.25) is 0 Å². The van der Waals surface area contributed by atoms with Crippen molar-refractivity contribution in [3.63, 3.8) is 0 Å². The number of fused-ring (bicyclic) bond motifs is 1. The zero-order chi connectivity index (χ0) is 17.3. The third kappa shape index (κ3) is 3.54. The molecule has 1 aromatic heterocycles. The van der Waals surface area contributed by atoms with Crippen LogP contribution in [0.1, 0.15) is 0 Å². The van der Waals surface area contributed by atoms with Gasteiger partial charge in [0, 0.05) is 12.1 Å². The molecule has 0 atom stereocenters. The van der Waals surface area contributed by atoms with Gasteiger partial charge in [-0.05, 0) is 30.3 Å². The molecule has 0 saturated carbocycles. The molecule has 0 aliphatic heterocycles. The Kier molecular flexibility index (Phi) is 3.98. The van der Waals surface area contributed by atoms with Gasteiger partial charge in [0.2, 0.25) is 10.0 Å². The molecule has 3 aromatic rings. The Bertz CT molecular complexity index is 1060. The zero-order valence-corrected chi connectivity index (χ0v) is 13.3. The molecular weight excluding hydrogens is 337 g/mol. The minimum Gasteiger partial charge on any atom is -0.464 e. The topological polar surface area (TPSA) is 85.6 Å². The Balaban J connectivity index is 2.14. The summed E-state index contributed by atoms with van der Waals surface area (Å²) in [5.74, 6) is -0.0540. The van der Waals surface area contributed by atoms with Crippen molar-refractivity contribution >= 4 is 26.7 Å². The normalized spacial score (nSPS) is 11.4. The van der Waals surface area contributed by atoms with E-state index in [0.29, 0.717) is 0 Å². The van der Waals surface area contributed by atoms with Crippen molar-refractivity contribution in [2.75, 3.05) is 11.0 Å². The Morgan fingerprint density at radius 2 is 1.83 bits per heavy atom. The molecule has 0 unspecified atom stereocenters. The van der Waals surface area contributed by atoms with Crippen LogP contribution in [-0.2, 0) is 10.0 Å². The fourth-order valence-electron chi connectivity index (χ4n) is 2.10. The summed E-state index contributed by atoms with van der Waals surface area (Å²) >= 11 is 0. The summed E-state index contributed by atoms with van der Waals surface area (Å²) in [6.07, 6.45) is 2.20. The van der Waals surface area contributed by atoms with Crippen molar-refractivity contribution in [2.24, 2.45) is 0 Å². The molecule has 0 aliphatic carbocycles. The van der Waals surface area contributed by atoms with Gasteiger partial charge in [-0.25, -0.2) is 12.8 Å². The number of anilines is 1. The molecule has 3 rings (SSSR count). The van der Waals surface area contributed by atoms with Crippen LogP contribution < -0.4 is 14.9 Å². The molecule has 6 nitrogen and oxygen atoms in total. The van der Waals surface area contributed by atoms with E-state index in [1.807, 2.05) is 0 Å². The predicted molar refractivity (Wildman–Crippen MR) is 87.4 cm³/mol. The van der Waals surface area contributed by atoms with E-state index in [-0.39, 0.29) is 33.6 Å². The van der Waals surface area contributed by atoms with E-state index in [1.165, 1.54) is 48.7 Å². The van der Waals surface area contributed by atoms with E-state index >= 15 is 0 Å². The van der Waals surface area contributed by atoms with Crippen molar-refractivity contribution < 1.29 is 22.0 Å². The summed E-state index contributed by atoms with van der Waals surface area (Å²) < 4.78 is 49.2. The molecule has 1 N–H and O–H groups in total. The molecule has 0 amide bonds. The smallest absolute Gasteiger partial charge is 0.229 e. The molecule has 0 fully saturated rings. The lowest BCUT2D eigenvalue weighted by Crippen LogP contribution is -2.11. The fraction of sp³-hybridized carbons (Fsp3) is 0.0625. The van der Waals surface area contributed by atoms with Crippen molar-refractivity contribution in [1.29, 1.82) is 0 Å². The Morgan fingerprint density at radius 3 is 2.50 bits per heavy atom. The van der Waals surface area contributed by atoms with Crippen LogP contribution in [0.25, 0.3) is 11.0 Å². The van der Waals surface area contributed by atoms with Crippen LogP contribution in [0, 0.1) is 5.82 Å². The summed E-state index contributed by atoms with van der Waals surface area (Å²) in [5.41, 5.74) is 0.00916. The standard InChI is InChI=1S/C16H12FNO5S/c1-24(20,21)18-13-9-15-12(14(19)6-7-22-15)8-16(13)23-11-4-2-10(17)3-5-11/h2-9,18H,1H3. The van der Waals surface area contributed by atoms with Gasteiger partial charge in [0.15, 0.2) is 11.2 Å². The number of nitrogens with one attached hydrogen (secondary N) is 1. The molecular formula is C16H12FNO5S. The molecule has 0 bridgehead atoms. The number of halogens is 1. The maximum Gasteiger partial charge on any atom is 0.229 e. The maximum absolute atomic E-state index is 13.0. The third-order valence-electron chi connectivity index (χ3n) is 3.10. The van der Waals surface area contributed by atoms with E-state index in [1.54, 1.807) is 0 Å². The van der Waals surface area contributed by atoms with Crippen LogP contribution >= 0.6 is 0 Å². The van der Waals surface area contributed by atoms with Crippen molar-refractivity contribution in [2.45, 2.75) is 0 Å². The molecule has 2 aromatic carbocycles. The Labute approximate surface area is 136 Å². The SMILES string of the molecule is CS(=O)(=O)Nc1cc2occc(=O)c2cc1Oc1ccc(F)cc1. The second kappa shape index (κ2) is 5.97. The van der Waals surface area contributed by atoms with Crippen LogP contribution in [0.3, 0.4) is 0 Å². The second-order valence-corrected chi connectivity index (χ2v) is 6.81. The first-order chi connectivity index (χ1) is 11.3. The number of hydrogen-bond acceptors (Lipinski definition) is 5. The van der Waals surface area contributed by atoms with Gasteiger partial charge in [-0.3, -0.25) is 9.52 Å². The number of benzene rings is 2. The fourth-order valence-corrected chi connectivity index (χ4v) is 2.66.